The largest absolute Gasteiger partial charge is 0.392 e. The van der Waals surface area contributed by atoms with Gasteiger partial charge in [0, 0.05) is 23.7 Å². The number of pyridine rings is 1. The summed E-state index contributed by atoms with van der Waals surface area (Å²) in [5.74, 6) is 0. The normalized spacial score (nSPS) is 10.8. The number of hydrogen-bond donors (Lipinski definition) is 1. The average Bonchev–Trinajstić information content (AvgIpc) is 2.59. The van der Waals surface area contributed by atoms with Crippen LogP contribution < -0.4 is 0 Å². The molecule has 2 aromatic heterocycles. The molecule has 0 bridgehead atoms. The predicted molar refractivity (Wildman–Crippen MR) is 61.8 cm³/mol. The Morgan fingerprint density at radius 3 is 2.75 bits per heavy atom. The molecule has 0 aromatic carbocycles. The molecule has 0 saturated carbocycles. The summed E-state index contributed by atoms with van der Waals surface area (Å²) in [7, 11) is 0. The van der Waals surface area contributed by atoms with Crippen LogP contribution in [0.1, 0.15) is 17.0 Å². The zero-order valence-electron chi connectivity index (χ0n) is 9.11. The summed E-state index contributed by atoms with van der Waals surface area (Å²) in [4.78, 5) is 4.13. The first-order valence-electron chi connectivity index (χ1n) is 4.90. The van der Waals surface area contributed by atoms with Crippen molar-refractivity contribution in [2.24, 2.45) is 0 Å². The molecule has 16 heavy (non-hydrogen) atoms. The van der Waals surface area contributed by atoms with E-state index < -0.39 is 0 Å². The van der Waals surface area contributed by atoms with E-state index in [4.69, 9.17) is 11.6 Å². The van der Waals surface area contributed by atoms with Gasteiger partial charge in [-0.2, -0.15) is 5.10 Å². The maximum absolute atomic E-state index is 9.23. The molecule has 0 fully saturated rings. The fourth-order valence-electron chi connectivity index (χ4n) is 1.47. The fourth-order valence-corrected chi connectivity index (χ4v) is 1.60. The molecule has 4 nitrogen and oxygen atoms in total. The predicted octanol–water partition coefficient (Wildman–Crippen LogP) is 2.03. The van der Waals surface area contributed by atoms with Crippen LogP contribution >= 0.6 is 11.6 Å². The smallest absolute Gasteiger partial charge is 0.0819 e. The summed E-state index contributed by atoms with van der Waals surface area (Å²) in [6.07, 6.45) is 3.38. The third-order valence-electron chi connectivity index (χ3n) is 2.35. The molecule has 0 radical (unpaired) electrons. The van der Waals surface area contributed by atoms with Crippen molar-refractivity contribution in [2.45, 2.75) is 20.5 Å². The Labute approximate surface area is 98.5 Å². The van der Waals surface area contributed by atoms with E-state index in [1.54, 1.807) is 17.1 Å². The van der Waals surface area contributed by atoms with Gasteiger partial charge >= 0.3 is 0 Å². The van der Waals surface area contributed by atoms with E-state index in [0.29, 0.717) is 5.02 Å². The number of halogens is 1. The van der Waals surface area contributed by atoms with Gasteiger partial charge < -0.3 is 5.11 Å². The Morgan fingerprint density at radius 1 is 1.44 bits per heavy atom. The Balaban J connectivity index is 2.57. The second kappa shape index (κ2) is 4.23. The van der Waals surface area contributed by atoms with E-state index in [2.05, 4.69) is 10.1 Å². The van der Waals surface area contributed by atoms with Gasteiger partial charge in [0.15, 0.2) is 0 Å². The molecule has 2 rings (SSSR count). The highest BCUT2D eigenvalue weighted by Crippen LogP contribution is 2.19. The molecule has 2 aromatic rings. The summed E-state index contributed by atoms with van der Waals surface area (Å²) < 4.78 is 1.66. The third kappa shape index (κ3) is 1.94. The quantitative estimate of drug-likeness (QED) is 0.870. The molecule has 0 spiro atoms. The molecule has 0 aliphatic heterocycles. The molecular formula is C11H12ClN3O. The number of nitrogens with zero attached hydrogens (tertiary/aromatic N) is 3. The molecule has 0 atom stereocenters. The van der Waals surface area contributed by atoms with Gasteiger partial charge in [0.1, 0.15) is 0 Å². The molecule has 0 unspecified atom stereocenters. The SMILES string of the molecule is Cc1cc(-n2cc(Cl)c(C)n2)c(CO)cn1. The summed E-state index contributed by atoms with van der Waals surface area (Å²) in [5.41, 5.74) is 3.17. The highest BCUT2D eigenvalue weighted by molar-refractivity contribution is 6.31. The first-order chi connectivity index (χ1) is 7.61. The van der Waals surface area contributed by atoms with Crippen LogP contribution in [0, 0.1) is 13.8 Å². The summed E-state index contributed by atoms with van der Waals surface area (Å²) >= 11 is 5.95. The lowest BCUT2D eigenvalue weighted by atomic mass is 10.2. The first kappa shape index (κ1) is 11.1. The highest BCUT2D eigenvalue weighted by atomic mass is 35.5. The lowest BCUT2D eigenvalue weighted by molar-refractivity contribution is 0.281. The maximum atomic E-state index is 9.23. The number of aliphatic hydroxyl groups is 1. The van der Waals surface area contributed by atoms with Gasteiger partial charge in [0.25, 0.3) is 0 Å². The lowest BCUT2D eigenvalue weighted by Gasteiger charge is -2.07. The van der Waals surface area contributed by atoms with Gasteiger partial charge in [0.05, 0.1) is 23.0 Å². The Bertz CT molecular complexity index is 502. The van der Waals surface area contributed by atoms with Crippen molar-refractivity contribution >= 4 is 11.6 Å². The first-order valence-corrected chi connectivity index (χ1v) is 5.28. The van der Waals surface area contributed by atoms with E-state index in [9.17, 15) is 5.11 Å². The van der Waals surface area contributed by atoms with E-state index in [0.717, 1.165) is 22.6 Å². The molecule has 1 N–H and O–H groups in total. The average molecular weight is 238 g/mol. The van der Waals surface area contributed by atoms with Crippen molar-refractivity contribution in [3.05, 3.63) is 40.4 Å². The van der Waals surface area contributed by atoms with Gasteiger partial charge in [-0.25, -0.2) is 4.68 Å². The fraction of sp³-hybridized carbons (Fsp3) is 0.273. The number of rotatable bonds is 2. The van der Waals surface area contributed by atoms with E-state index >= 15 is 0 Å². The summed E-state index contributed by atoms with van der Waals surface area (Å²) in [5, 5.41) is 14.1. The van der Waals surface area contributed by atoms with E-state index in [-0.39, 0.29) is 6.61 Å². The van der Waals surface area contributed by atoms with Gasteiger partial charge in [-0.1, -0.05) is 11.6 Å². The van der Waals surface area contributed by atoms with Crippen LogP contribution in [0.5, 0.6) is 0 Å². The maximum Gasteiger partial charge on any atom is 0.0819 e. The van der Waals surface area contributed by atoms with Crippen molar-refractivity contribution in [3.8, 4) is 5.69 Å². The van der Waals surface area contributed by atoms with Crippen LogP contribution in [0.3, 0.4) is 0 Å². The molecule has 5 heteroatoms. The van der Waals surface area contributed by atoms with Crippen LogP contribution in [-0.2, 0) is 6.61 Å². The van der Waals surface area contributed by atoms with Crippen LogP contribution in [0.4, 0.5) is 0 Å². The molecular weight excluding hydrogens is 226 g/mol. The van der Waals surface area contributed by atoms with Crippen molar-refractivity contribution in [3.63, 3.8) is 0 Å². The molecule has 0 saturated heterocycles. The Kier molecular flexibility index (Phi) is 2.94. The number of aliphatic hydroxyl groups excluding tert-OH is 1. The minimum Gasteiger partial charge on any atom is -0.392 e. The number of hydrogen-bond acceptors (Lipinski definition) is 3. The highest BCUT2D eigenvalue weighted by Gasteiger charge is 2.08. The zero-order chi connectivity index (χ0) is 11.7. The Morgan fingerprint density at radius 2 is 2.19 bits per heavy atom. The van der Waals surface area contributed by atoms with E-state index in [1.807, 2.05) is 19.9 Å². The van der Waals surface area contributed by atoms with Crippen molar-refractivity contribution in [1.29, 1.82) is 0 Å². The van der Waals surface area contributed by atoms with Crippen LogP contribution in [0.15, 0.2) is 18.5 Å². The second-order valence-electron chi connectivity index (χ2n) is 3.62. The second-order valence-corrected chi connectivity index (χ2v) is 4.03. The van der Waals surface area contributed by atoms with Crippen molar-refractivity contribution in [1.82, 2.24) is 14.8 Å². The summed E-state index contributed by atoms with van der Waals surface area (Å²) in [6.45, 7) is 3.66. The monoisotopic (exact) mass is 237 g/mol. The molecule has 2 heterocycles. The molecule has 0 amide bonds. The topological polar surface area (TPSA) is 50.9 Å². The van der Waals surface area contributed by atoms with Crippen molar-refractivity contribution < 1.29 is 5.11 Å². The van der Waals surface area contributed by atoms with Crippen molar-refractivity contribution in [2.75, 3.05) is 0 Å². The Hall–Kier alpha value is -1.39. The lowest BCUT2D eigenvalue weighted by Crippen LogP contribution is -2.02. The standard InChI is InChI=1S/C11H12ClN3O/c1-7-3-11(9(6-16)4-13-7)15-5-10(12)8(2)14-15/h3-5,16H,6H2,1-2H3. The zero-order valence-corrected chi connectivity index (χ0v) is 9.86. The van der Waals surface area contributed by atoms with Gasteiger partial charge in [-0.3, -0.25) is 4.98 Å². The van der Waals surface area contributed by atoms with Gasteiger partial charge in [-0.15, -0.1) is 0 Å². The van der Waals surface area contributed by atoms with Gasteiger partial charge in [0.2, 0.25) is 0 Å². The van der Waals surface area contributed by atoms with Crippen LogP contribution in [0.2, 0.25) is 5.02 Å². The molecule has 84 valence electrons. The molecule has 0 aliphatic rings. The number of aryl methyl sites for hydroxylation is 2. The minimum atomic E-state index is -0.0703. The summed E-state index contributed by atoms with van der Waals surface area (Å²) in [6, 6.07) is 1.87. The van der Waals surface area contributed by atoms with Gasteiger partial charge in [-0.05, 0) is 19.9 Å². The third-order valence-corrected chi connectivity index (χ3v) is 2.73. The van der Waals surface area contributed by atoms with Crippen LogP contribution in [0.25, 0.3) is 5.69 Å². The van der Waals surface area contributed by atoms with Crippen LogP contribution in [-0.4, -0.2) is 19.9 Å². The minimum absolute atomic E-state index is 0.0703. The molecule has 0 aliphatic carbocycles. The van der Waals surface area contributed by atoms with E-state index in [1.165, 1.54) is 0 Å². The number of aromatic nitrogens is 3.